The lowest BCUT2D eigenvalue weighted by Gasteiger charge is -2.17. The lowest BCUT2D eigenvalue weighted by molar-refractivity contribution is 0.602. The molecule has 1 aliphatic carbocycles. The summed E-state index contributed by atoms with van der Waals surface area (Å²) < 4.78 is 13.5. The summed E-state index contributed by atoms with van der Waals surface area (Å²) in [6, 6.07) is 7.41. The molecule has 2 unspecified atom stereocenters. The molecule has 1 aromatic rings. The van der Waals surface area contributed by atoms with Gasteiger partial charge in [-0.3, -0.25) is 4.99 Å². The van der Waals surface area contributed by atoms with Crippen molar-refractivity contribution in [3.8, 4) is 0 Å². The lowest BCUT2D eigenvalue weighted by atomic mass is 10.2. The number of thioether (sulfide) groups is 2. The van der Waals surface area contributed by atoms with E-state index in [1.54, 1.807) is 13.1 Å². The summed E-state index contributed by atoms with van der Waals surface area (Å²) in [6.45, 7) is 0.761. The first-order chi connectivity index (χ1) is 10.7. The van der Waals surface area contributed by atoms with Crippen molar-refractivity contribution in [1.29, 1.82) is 0 Å². The smallest absolute Gasteiger partial charge is 0.191 e. The molecular weight excluding hydrogens is 317 g/mol. The van der Waals surface area contributed by atoms with Crippen LogP contribution in [0.5, 0.6) is 0 Å². The molecular formula is C16H24FN3S2. The van der Waals surface area contributed by atoms with Gasteiger partial charge in [-0.1, -0.05) is 12.1 Å². The molecule has 2 atom stereocenters. The molecule has 0 aliphatic heterocycles. The summed E-state index contributed by atoms with van der Waals surface area (Å²) >= 11 is 3.47. The number of nitrogens with zero attached hydrogens (tertiary/aromatic N) is 1. The Labute approximate surface area is 140 Å². The monoisotopic (exact) mass is 341 g/mol. The third-order valence-corrected chi connectivity index (χ3v) is 5.92. The van der Waals surface area contributed by atoms with E-state index in [1.165, 1.54) is 37.1 Å². The minimum Gasteiger partial charge on any atom is -0.356 e. The molecule has 1 aliphatic rings. The van der Waals surface area contributed by atoms with Crippen molar-refractivity contribution in [3.05, 3.63) is 30.1 Å². The Morgan fingerprint density at radius 3 is 2.86 bits per heavy atom. The van der Waals surface area contributed by atoms with Crippen LogP contribution in [0.2, 0.25) is 0 Å². The minimum atomic E-state index is -0.149. The molecule has 6 heteroatoms. The van der Waals surface area contributed by atoms with E-state index in [0.29, 0.717) is 10.9 Å². The SMILES string of the molecule is CN=C(NCCSc1ccccc1F)NC1CCC(SC)C1. The van der Waals surface area contributed by atoms with E-state index >= 15 is 0 Å². The van der Waals surface area contributed by atoms with Crippen molar-refractivity contribution in [2.75, 3.05) is 25.6 Å². The predicted molar refractivity (Wildman–Crippen MR) is 96.6 cm³/mol. The minimum absolute atomic E-state index is 0.149. The Bertz CT molecular complexity index is 496. The maximum atomic E-state index is 13.5. The second-order valence-electron chi connectivity index (χ2n) is 5.29. The quantitative estimate of drug-likeness (QED) is 0.360. The van der Waals surface area contributed by atoms with Gasteiger partial charge in [0.1, 0.15) is 5.82 Å². The topological polar surface area (TPSA) is 36.4 Å². The summed E-state index contributed by atoms with van der Waals surface area (Å²) in [5, 5.41) is 7.56. The summed E-state index contributed by atoms with van der Waals surface area (Å²) in [7, 11) is 1.79. The number of hydrogen-bond acceptors (Lipinski definition) is 3. The average Bonchev–Trinajstić information content (AvgIpc) is 2.99. The first-order valence-electron chi connectivity index (χ1n) is 7.60. The molecule has 0 amide bonds. The molecule has 2 rings (SSSR count). The highest BCUT2D eigenvalue weighted by molar-refractivity contribution is 7.99. The van der Waals surface area contributed by atoms with Crippen LogP contribution in [0.3, 0.4) is 0 Å². The van der Waals surface area contributed by atoms with Crippen molar-refractivity contribution < 1.29 is 4.39 Å². The highest BCUT2D eigenvalue weighted by Crippen LogP contribution is 2.28. The molecule has 3 nitrogen and oxygen atoms in total. The van der Waals surface area contributed by atoms with Gasteiger partial charge in [0.15, 0.2) is 5.96 Å². The van der Waals surface area contributed by atoms with Crippen molar-refractivity contribution in [2.24, 2.45) is 4.99 Å². The second-order valence-corrected chi connectivity index (χ2v) is 7.56. The fourth-order valence-electron chi connectivity index (χ4n) is 2.57. The van der Waals surface area contributed by atoms with Gasteiger partial charge in [0.25, 0.3) is 0 Å². The van der Waals surface area contributed by atoms with Gasteiger partial charge >= 0.3 is 0 Å². The number of rotatable bonds is 6. The zero-order chi connectivity index (χ0) is 15.8. The molecule has 0 saturated heterocycles. The van der Waals surface area contributed by atoms with Crippen molar-refractivity contribution >= 4 is 29.5 Å². The van der Waals surface area contributed by atoms with Crippen LogP contribution in [0.1, 0.15) is 19.3 Å². The summed E-state index contributed by atoms with van der Waals surface area (Å²) in [4.78, 5) is 4.97. The Morgan fingerprint density at radius 2 is 2.18 bits per heavy atom. The Balaban J connectivity index is 1.68. The number of halogens is 1. The Kier molecular flexibility index (Phi) is 7.39. The average molecular weight is 342 g/mol. The van der Waals surface area contributed by atoms with Gasteiger partial charge < -0.3 is 10.6 Å². The Hall–Kier alpha value is -0.880. The standard InChI is InChI=1S/C16H24FN3S2/c1-18-16(20-12-7-8-13(11-12)21-2)19-9-10-22-15-6-4-3-5-14(15)17/h3-6,12-13H,7-11H2,1-2H3,(H2,18,19,20). The number of guanidine groups is 1. The van der Waals surface area contributed by atoms with E-state index in [0.717, 1.165) is 23.5 Å². The van der Waals surface area contributed by atoms with Crippen LogP contribution in [-0.2, 0) is 0 Å². The highest BCUT2D eigenvalue weighted by Gasteiger charge is 2.24. The number of hydrogen-bond donors (Lipinski definition) is 2. The fraction of sp³-hybridized carbons (Fsp3) is 0.562. The summed E-state index contributed by atoms with van der Waals surface area (Å²) in [6.07, 6.45) is 5.86. The molecule has 0 aromatic heterocycles. The van der Waals surface area contributed by atoms with Gasteiger partial charge in [0.05, 0.1) is 0 Å². The van der Waals surface area contributed by atoms with E-state index < -0.39 is 0 Å². The van der Waals surface area contributed by atoms with Gasteiger partial charge in [0.2, 0.25) is 0 Å². The maximum Gasteiger partial charge on any atom is 0.191 e. The molecule has 1 aromatic carbocycles. The van der Waals surface area contributed by atoms with Crippen LogP contribution in [-0.4, -0.2) is 42.9 Å². The van der Waals surface area contributed by atoms with E-state index in [9.17, 15) is 4.39 Å². The number of benzene rings is 1. The molecule has 1 saturated carbocycles. The van der Waals surface area contributed by atoms with E-state index in [-0.39, 0.29) is 5.82 Å². The van der Waals surface area contributed by atoms with Crippen LogP contribution in [0.15, 0.2) is 34.2 Å². The highest BCUT2D eigenvalue weighted by atomic mass is 32.2. The van der Waals surface area contributed by atoms with Crippen molar-refractivity contribution in [1.82, 2.24) is 10.6 Å². The van der Waals surface area contributed by atoms with E-state index in [4.69, 9.17) is 0 Å². The van der Waals surface area contributed by atoms with E-state index in [1.807, 2.05) is 23.9 Å². The molecule has 22 heavy (non-hydrogen) atoms. The van der Waals surface area contributed by atoms with Crippen LogP contribution in [0, 0.1) is 5.82 Å². The third kappa shape index (κ3) is 5.39. The zero-order valence-corrected chi connectivity index (χ0v) is 14.8. The number of nitrogens with one attached hydrogen (secondary N) is 2. The second kappa shape index (κ2) is 9.30. The van der Waals surface area contributed by atoms with Crippen LogP contribution in [0.4, 0.5) is 4.39 Å². The summed E-state index contributed by atoms with van der Waals surface area (Å²) in [5.41, 5.74) is 0. The molecule has 122 valence electrons. The molecule has 0 radical (unpaired) electrons. The maximum absolute atomic E-state index is 13.5. The first kappa shape index (κ1) is 17.5. The van der Waals surface area contributed by atoms with Gasteiger partial charge in [-0.25, -0.2) is 4.39 Å². The van der Waals surface area contributed by atoms with Crippen molar-refractivity contribution in [2.45, 2.75) is 35.4 Å². The Morgan fingerprint density at radius 1 is 1.36 bits per heavy atom. The van der Waals surface area contributed by atoms with Gasteiger partial charge in [0, 0.05) is 35.5 Å². The molecule has 0 bridgehead atoms. The van der Waals surface area contributed by atoms with Gasteiger partial charge in [-0.05, 0) is 37.7 Å². The van der Waals surface area contributed by atoms with E-state index in [2.05, 4.69) is 21.9 Å². The largest absolute Gasteiger partial charge is 0.356 e. The molecule has 1 fully saturated rings. The lowest BCUT2D eigenvalue weighted by Crippen LogP contribution is -2.43. The predicted octanol–water partition coefficient (Wildman–Crippen LogP) is 3.37. The van der Waals surface area contributed by atoms with Crippen molar-refractivity contribution in [3.63, 3.8) is 0 Å². The molecule has 0 spiro atoms. The summed E-state index contributed by atoms with van der Waals surface area (Å²) in [5.74, 6) is 1.50. The zero-order valence-electron chi connectivity index (χ0n) is 13.1. The van der Waals surface area contributed by atoms with Crippen LogP contribution < -0.4 is 10.6 Å². The third-order valence-electron chi connectivity index (χ3n) is 3.77. The van der Waals surface area contributed by atoms with Crippen LogP contribution in [0.25, 0.3) is 0 Å². The fourth-order valence-corrected chi connectivity index (χ4v) is 4.17. The van der Waals surface area contributed by atoms with Gasteiger partial charge in [-0.15, -0.1) is 11.8 Å². The first-order valence-corrected chi connectivity index (χ1v) is 9.87. The van der Waals surface area contributed by atoms with Gasteiger partial charge in [-0.2, -0.15) is 11.8 Å². The molecule has 0 heterocycles. The normalized spacial score (nSPS) is 21.9. The van der Waals surface area contributed by atoms with Crippen LogP contribution >= 0.6 is 23.5 Å². The number of aliphatic imine (C=N–C) groups is 1. The molecule has 2 N–H and O–H groups in total.